The van der Waals surface area contributed by atoms with Gasteiger partial charge in [-0.25, -0.2) is 4.98 Å². The fourth-order valence-electron chi connectivity index (χ4n) is 3.99. The number of hydrogen-bond donors (Lipinski definition) is 1. The topological polar surface area (TPSA) is 41.3 Å². The Balaban J connectivity index is 1.49. The largest absolute Gasteiger partial charge is 0.388 e. The molecule has 0 saturated carbocycles. The van der Waals surface area contributed by atoms with Crippen LogP contribution >= 0.6 is 0 Å². The summed E-state index contributed by atoms with van der Waals surface area (Å²) in [7, 11) is 0. The van der Waals surface area contributed by atoms with E-state index >= 15 is 0 Å². The zero-order chi connectivity index (χ0) is 17.1. The van der Waals surface area contributed by atoms with Crippen molar-refractivity contribution in [2.75, 3.05) is 13.1 Å². The molecule has 1 atom stereocenters. The number of likely N-dealkylation sites (tertiary alicyclic amines) is 1. The van der Waals surface area contributed by atoms with Gasteiger partial charge < -0.3 is 9.67 Å². The van der Waals surface area contributed by atoms with E-state index in [1.54, 1.807) is 0 Å². The van der Waals surface area contributed by atoms with E-state index in [0.29, 0.717) is 5.92 Å². The number of nitrogens with zero attached hydrogens (tertiary/aromatic N) is 3. The highest BCUT2D eigenvalue weighted by Gasteiger charge is 2.22. The van der Waals surface area contributed by atoms with Crippen molar-refractivity contribution in [1.82, 2.24) is 14.5 Å². The second kappa shape index (κ2) is 7.38. The van der Waals surface area contributed by atoms with Crippen molar-refractivity contribution in [2.24, 2.45) is 5.92 Å². The van der Waals surface area contributed by atoms with Crippen LogP contribution in [0.4, 0.5) is 0 Å². The van der Waals surface area contributed by atoms with Crippen LogP contribution in [-0.4, -0.2) is 32.6 Å². The van der Waals surface area contributed by atoms with Crippen molar-refractivity contribution in [1.29, 1.82) is 0 Å². The predicted octanol–water partition coefficient (Wildman–Crippen LogP) is 3.44. The van der Waals surface area contributed by atoms with Crippen molar-refractivity contribution in [3.05, 3.63) is 66.0 Å². The van der Waals surface area contributed by atoms with Gasteiger partial charge in [0.25, 0.3) is 0 Å². The molecule has 1 aliphatic heterocycles. The molecule has 0 amide bonds. The van der Waals surface area contributed by atoms with Gasteiger partial charge in [-0.2, -0.15) is 0 Å². The summed E-state index contributed by atoms with van der Waals surface area (Å²) in [4.78, 5) is 7.14. The third-order valence-electron chi connectivity index (χ3n) is 5.17. The van der Waals surface area contributed by atoms with Crippen molar-refractivity contribution < 1.29 is 5.11 Å². The molecule has 1 fully saturated rings. The van der Waals surface area contributed by atoms with Crippen molar-refractivity contribution in [3.63, 3.8) is 0 Å². The molecule has 1 N–H and O–H groups in total. The van der Waals surface area contributed by atoms with Gasteiger partial charge in [0.2, 0.25) is 0 Å². The van der Waals surface area contributed by atoms with E-state index in [1.807, 2.05) is 18.2 Å². The summed E-state index contributed by atoms with van der Waals surface area (Å²) in [6.45, 7) is 4.22. The molecular formula is C21H25N3O. The molecular weight excluding hydrogens is 310 g/mol. The normalized spacial score (nSPS) is 18.7. The molecule has 4 rings (SSSR count). The Kier molecular flexibility index (Phi) is 4.81. The highest BCUT2D eigenvalue weighted by molar-refractivity contribution is 5.75. The average Bonchev–Trinajstić information content (AvgIpc) is 3.01. The maximum absolute atomic E-state index is 9.70. The Bertz CT molecular complexity index is 828. The fourth-order valence-corrected chi connectivity index (χ4v) is 3.99. The maximum Gasteiger partial charge on any atom is 0.135 e. The zero-order valence-corrected chi connectivity index (χ0v) is 14.5. The van der Waals surface area contributed by atoms with Gasteiger partial charge in [0, 0.05) is 19.6 Å². The monoisotopic (exact) mass is 335 g/mol. The Morgan fingerprint density at radius 3 is 2.68 bits per heavy atom. The van der Waals surface area contributed by atoms with Crippen molar-refractivity contribution in [3.8, 4) is 0 Å². The van der Waals surface area contributed by atoms with Crippen LogP contribution in [0.2, 0.25) is 0 Å². The molecule has 2 heterocycles. The average molecular weight is 335 g/mol. The van der Waals surface area contributed by atoms with Crippen LogP contribution in [0.5, 0.6) is 0 Å². The number of aliphatic hydroxyl groups excluding tert-OH is 1. The standard InChI is InChI=1S/C21H25N3O/c25-16-21-22-19-10-4-5-11-20(19)24(21)15-18-9-6-12-23(14-18)13-17-7-2-1-3-8-17/h1-5,7-8,10-11,18,25H,6,9,12-16H2/t18-/m0/s1. The van der Waals surface area contributed by atoms with Crippen LogP contribution in [0.25, 0.3) is 11.0 Å². The quantitative estimate of drug-likeness (QED) is 0.776. The molecule has 1 aliphatic rings. The van der Waals surface area contributed by atoms with Gasteiger partial charge in [-0.1, -0.05) is 42.5 Å². The first-order valence-electron chi connectivity index (χ1n) is 9.15. The highest BCUT2D eigenvalue weighted by Crippen LogP contribution is 2.24. The third-order valence-corrected chi connectivity index (χ3v) is 5.17. The summed E-state index contributed by atoms with van der Waals surface area (Å²) in [6.07, 6.45) is 2.47. The molecule has 0 unspecified atom stereocenters. The number of para-hydroxylation sites is 2. The first-order chi connectivity index (χ1) is 12.3. The van der Waals surface area contributed by atoms with E-state index in [4.69, 9.17) is 0 Å². The lowest BCUT2D eigenvalue weighted by atomic mass is 9.97. The van der Waals surface area contributed by atoms with Crippen LogP contribution in [-0.2, 0) is 19.7 Å². The second-order valence-electron chi connectivity index (χ2n) is 7.01. The molecule has 130 valence electrons. The minimum Gasteiger partial charge on any atom is -0.388 e. The summed E-state index contributed by atoms with van der Waals surface area (Å²) in [5.41, 5.74) is 3.49. The summed E-state index contributed by atoms with van der Waals surface area (Å²) >= 11 is 0. The molecule has 1 aromatic heterocycles. The molecule has 0 bridgehead atoms. The smallest absolute Gasteiger partial charge is 0.135 e. The van der Waals surface area contributed by atoms with Gasteiger partial charge >= 0.3 is 0 Å². The molecule has 2 aromatic carbocycles. The van der Waals surface area contributed by atoms with Crippen molar-refractivity contribution >= 4 is 11.0 Å². The van der Waals surface area contributed by atoms with E-state index in [-0.39, 0.29) is 6.61 Å². The van der Waals surface area contributed by atoms with Crippen LogP contribution in [0.3, 0.4) is 0 Å². The number of piperidine rings is 1. The van der Waals surface area contributed by atoms with Gasteiger partial charge in [-0.05, 0) is 43.0 Å². The van der Waals surface area contributed by atoms with Crippen LogP contribution in [0.1, 0.15) is 24.2 Å². The second-order valence-corrected chi connectivity index (χ2v) is 7.01. The number of imidazole rings is 1. The zero-order valence-electron chi connectivity index (χ0n) is 14.5. The number of rotatable bonds is 5. The number of benzene rings is 2. The molecule has 1 saturated heterocycles. The molecule has 0 aliphatic carbocycles. The number of hydrogen-bond acceptors (Lipinski definition) is 3. The molecule has 3 aromatic rings. The van der Waals surface area contributed by atoms with Crippen molar-refractivity contribution in [2.45, 2.75) is 32.5 Å². The predicted molar refractivity (Wildman–Crippen MR) is 100 cm³/mol. The SMILES string of the molecule is OCc1nc2ccccc2n1C[C@H]1CCCN(Cc2ccccc2)C1. The van der Waals surface area contributed by atoms with E-state index in [2.05, 4.69) is 50.8 Å². The number of aromatic nitrogens is 2. The lowest BCUT2D eigenvalue weighted by molar-refractivity contribution is 0.154. The third kappa shape index (κ3) is 3.60. The van der Waals surface area contributed by atoms with Crippen LogP contribution in [0.15, 0.2) is 54.6 Å². The minimum absolute atomic E-state index is 0.00483. The maximum atomic E-state index is 9.70. The highest BCUT2D eigenvalue weighted by atomic mass is 16.3. The summed E-state index contributed by atoms with van der Waals surface area (Å²) in [5.74, 6) is 1.38. The minimum atomic E-state index is -0.00483. The van der Waals surface area contributed by atoms with Gasteiger partial charge in [-0.15, -0.1) is 0 Å². The molecule has 4 nitrogen and oxygen atoms in total. The van der Waals surface area contributed by atoms with Gasteiger partial charge in [0.1, 0.15) is 12.4 Å². The molecule has 25 heavy (non-hydrogen) atoms. The molecule has 0 radical (unpaired) electrons. The molecule has 0 spiro atoms. The Morgan fingerprint density at radius 2 is 1.84 bits per heavy atom. The van der Waals surface area contributed by atoms with Gasteiger partial charge in [0.15, 0.2) is 0 Å². The Hall–Kier alpha value is -2.17. The first-order valence-corrected chi connectivity index (χ1v) is 9.15. The fraction of sp³-hybridized carbons (Fsp3) is 0.381. The first kappa shape index (κ1) is 16.3. The lowest BCUT2D eigenvalue weighted by Crippen LogP contribution is -2.36. The Labute approximate surface area is 148 Å². The van der Waals surface area contributed by atoms with E-state index in [9.17, 15) is 5.11 Å². The van der Waals surface area contributed by atoms with Crippen LogP contribution in [0, 0.1) is 5.92 Å². The lowest BCUT2D eigenvalue weighted by Gasteiger charge is -2.33. The van der Waals surface area contributed by atoms with E-state index < -0.39 is 0 Å². The van der Waals surface area contributed by atoms with Gasteiger partial charge in [0.05, 0.1) is 11.0 Å². The summed E-state index contributed by atoms with van der Waals surface area (Å²) in [5, 5.41) is 9.70. The number of aliphatic hydroxyl groups is 1. The summed E-state index contributed by atoms with van der Waals surface area (Å²) in [6, 6.07) is 18.9. The Morgan fingerprint density at radius 1 is 1.04 bits per heavy atom. The molecule has 4 heteroatoms. The van der Waals surface area contributed by atoms with E-state index in [0.717, 1.165) is 36.5 Å². The summed E-state index contributed by atoms with van der Waals surface area (Å²) < 4.78 is 2.21. The van der Waals surface area contributed by atoms with Crippen LogP contribution < -0.4 is 0 Å². The number of fused-ring (bicyclic) bond motifs is 1. The van der Waals surface area contributed by atoms with Gasteiger partial charge in [-0.3, -0.25) is 4.90 Å². The van der Waals surface area contributed by atoms with E-state index in [1.165, 1.54) is 24.9 Å².